The molecule has 0 radical (unpaired) electrons. The van der Waals surface area contributed by atoms with Crippen molar-refractivity contribution in [2.75, 3.05) is 5.32 Å². The van der Waals surface area contributed by atoms with Gasteiger partial charge in [0.25, 0.3) is 0 Å². The van der Waals surface area contributed by atoms with Gasteiger partial charge < -0.3 is 14.4 Å². The summed E-state index contributed by atoms with van der Waals surface area (Å²) in [4.78, 5) is 23.2. The molecule has 1 aromatic heterocycles. The van der Waals surface area contributed by atoms with Crippen molar-refractivity contribution in [3.05, 3.63) is 42.0 Å². The van der Waals surface area contributed by atoms with E-state index in [4.69, 9.17) is 4.74 Å². The first kappa shape index (κ1) is 16.8. The Morgan fingerprint density at radius 3 is 2.24 bits per heavy atom. The summed E-state index contributed by atoms with van der Waals surface area (Å²) in [5, 5.41) is 13.6. The molecule has 2 N–H and O–H groups in total. The highest BCUT2D eigenvalue weighted by atomic mass is 16.6. The predicted octanol–water partition coefficient (Wildman–Crippen LogP) is 4.38. The van der Waals surface area contributed by atoms with E-state index < -0.39 is 17.7 Å². The van der Waals surface area contributed by atoms with Gasteiger partial charge in [-0.2, -0.15) is 0 Å². The number of fused-ring (bicyclic) bond motifs is 3. The molecule has 0 atom stereocenters. The molecule has 130 valence electrons. The molecule has 0 spiro atoms. The van der Waals surface area contributed by atoms with E-state index in [0.717, 1.165) is 21.8 Å². The zero-order valence-corrected chi connectivity index (χ0v) is 14.6. The fraction of sp³-hybridized carbons (Fsp3) is 0.263. The van der Waals surface area contributed by atoms with Gasteiger partial charge >= 0.3 is 12.1 Å². The molecular weight excluding hydrogens is 320 g/mol. The number of anilines is 1. The van der Waals surface area contributed by atoms with Crippen molar-refractivity contribution >= 4 is 39.6 Å². The van der Waals surface area contributed by atoms with Crippen LogP contribution in [0, 0.1) is 0 Å². The van der Waals surface area contributed by atoms with Gasteiger partial charge in [0.1, 0.15) is 5.60 Å². The molecule has 6 heteroatoms. The number of hydrogen-bond acceptors (Lipinski definition) is 3. The number of aromatic carboxylic acids is 1. The molecule has 0 aliphatic carbocycles. The topological polar surface area (TPSA) is 80.6 Å². The minimum absolute atomic E-state index is 0.227. The van der Waals surface area contributed by atoms with Crippen LogP contribution >= 0.6 is 0 Å². The van der Waals surface area contributed by atoms with Crippen LogP contribution in [0.15, 0.2) is 36.4 Å². The normalized spacial score (nSPS) is 11.7. The lowest BCUT2D eigenvalue weighted by Gasteiger charge is -2.19. The molecule has 0 aliphatic heterocycles. The lowest BCUT2D eigenvalue weighted by atomic mass is 10.1. The lowest BCUT2D eigenvalue weighted by Crippen LogP contribution is -2.27. The second-order valence-electron chi connectivity index (χ2n) is 6.95. The number of benzene rings is 2. The maximum Gasteiger partial charge on any atom is 0.412 e. The van der Waals surface area contributed by atoms with Crippen molar-refractivity contribution in [2.24, 2.45) is 7.05 Å². The van der Waals surface area contributed by atoms with Crippen LogP contribution in [-0.4, -0.2) is 27.3 Å². The van der Waals surface area contributed by atoms with E-state index in [1.54, 1.807) is 45.0 Å². The quantitative estimate of drug-likeness (QED) is 0.725. The molecule has 0 fully saturated rings. The van der Waals surface area contributed by atoms with Gasteiger partial charge in [-0.1, -0.05) is 0 Å². The molecule has 2 aromatic carbocycles. The third-order valence-corrected chi connectivity index (χ3v) is 3.90. The smallest absolute Gasteiger partial charge is 0.412 e. The maximum absolute atomic E-state index is 12.0. The standard InChI is InChI=1S/C19H20N2O4/c1-19(2,3)25-18(24)20-12-6-8-16-14(10-12)13-9-11(17(22)23)5-7-15(13)21(16)4/h5-10H,1-4H3,(H,20,24)(H,22,23). The van der Waals surface area contributed by atoms with E-state index in [2.05, 4.69) is 5.32 Å². The summed E-state index contributed by atoms with van der Waals surface area (Å²) in [6, 6.07) is 10.5. The van der Waals surface area contributed by atoms with Crippen LogP contribution in [0.4, 0.5) is 10.5 Å². The number of hydrogen-bond donors (Lipinski definition) is 2. The largest absolute Gasteiger partial charge is 0.478 e. The number of aromatic nitrogens is 1. The third kappa shape index (κ3) is 3.28. The van der Waals surface area contributed by atoms with Gasteiger partial charge in [-0.25, -0.2) is 9.59 Å². The Labute approximate surface area is 145 Å². The predicted molar refractivity (Wildman–Crippen MR) is 97.2 cm³/mol. The van der Waals surface area contributed by atoms with Crippen LogP contribution in [0.5, 0.6) is 0 Å². The van der Waals surface area contributed by atoms with E-state index in [1.165, 1.54) is 0 Å². The zero-order chi connectivity index (χ0) is 18.4. The first-order valence-corrected chi connectivity index (χ1v) is 7.91. The van der Waals surface area contributed by atoms with Crippen LogP contribution in [0.3, 0.4) is 0 Å². The Bertz CT molecular complexity index is 996. The van der Waals surface area contributed by atoms with E-state index in [-0.39, 0.29) is 5.56 Å². The van der Waals surface area contributed by atoms with Gasteiger partial charge in [0.15, 0.2) is 0 Å². The second kappa shape index (κ2) is 5.81. The first-order valence-electron chi connectivity index (χ1n) is 7.91. The van der Waals surface area contributed by atoms with Gasteiger partial charge in [-0.3, -0.25) is 5.32 Å². The van der Waals surface area contributed by atoms with Crippen molar-refractivity contribution < 1.29 is 19.4 Å². The number of amides is 1. The highest BCUT2D eigenvalue weighted by molar-refractivity contribution is 6.11. The summed E-state index contributed by atoms with van der Waals surface area (Å²) < 4.78 is 7.26. The molecule has 0 saturated heterocycles. The van der Waals surface area contributed by atoms with Crippen LogP contribution < -0.4 is 5.32 Å². The molecule has 0 unspecified atom stereocenters. The zero-order valence-electron chi connectivity index (χ0n) is 14.6. The lowest BCUT2D eigenvalue weighted by molar-refractivity contribution is 0.0634. The minimum atomic E-state index is -0.970. The maximum atomic E-state index is 12.0. The van der Waals surface area contributed by atoms with Gasteiger partial charge in [0.2, 0.25) is 0 Å². The average molecular weight is 340 g/mol. The Kier molecular flexibility index (Phi) is 3.91. The number of nitrogens with one attached hydrogen (secondary N) is 1. The van der Waals surface area contributed by atoms with Crippen molar-refractivity contribution in [1.82, 2.24) is 4.57 Å². The number of carbonyl (C=O) groups is 2. The summed E-state index contributed by atoms with van der Waals surface area (Å²) in [7, 11) is 1.92. The van der Waals surface area contributed by atoms with Crippen molar-refractivity contribution in [2.45, 2.75) is 26.4 Å². The van der Waals surface area contributed by atoms with Crippen LogP contribution in [0.2, 0.25) is 0 Å². The number of carboxylic acid groups (broad SMARTS) is 1. The molecule has 6 nitrogen and oxygen atoms in total. The molecular formula is C19H20N2O4. The van der Waals surface area contributed by atoms with Gasteiger partial charge in [0.05, 0.1) is 5.56 Å². The summed E-state index contributed by atoms with van der Waals surface area (Å²) in [6.45, 7) is 5.40. The second-order valence-corrected chi connectivity index (χ2v) is 6.95. The van der Waals surface area contributed by atoms with Crippen LogP contribution in [0.1, 0.15) is 31.1 Å². The fourth-order valence-electron chi connectivity index (χ4n) is 2.85. The third-order valence-electron chi connectivity index (χ3n) is 3.90. The van der Waals surface area contributed by atoms with Gasteiger partial charge in [-0.05, 0) is 57.2 Å². The average Bonchev–Trinajstić information content (AvgIpc) is 2.77. The Hall–Kier alpha value is -3.02. The summed E-state index contributed by atoms with van der Waals surface area (Å²) in [5.74, 6) is -0.970. The molecule has 25 heavy (non-hydrogen) atoms. The van der Waals surface area contributed by atoms with E-state index in [0.29, 0.717) is 5.69 Å². The first-order chi connectivity index (χ1) is 11.7. The number of carbonyl (C=O) groups excluding carboxylic acids is 1. The number of carboxylic acids is 1. The van der Waals surface area contributed by atoms with E-state index in [1.807, 2.05) is 23.7 Å². The molecule has 1 amide bonds. The van der Waals surface area contributed by atoms with Gasteiger partial charge in [0, 0.05) is 34.5 Å². The van der Waals surface area contributed by atoms with Crippen molar-refractivity contribution in [1.29, 1.82) is 0 Å². The number of aryl methyl sites for hydroxylation is 1. The van der Waals surface area contributed by atoms with Crippen LogP contribution in [0.25, 0.3) is 21.8 Å². The van der Waals surface area contributed by atoms with Crippen molar-refractivity contribution in [3.8, 4) is 0 Å². The molecule has 3 aromatic rings. The van der Waals surface area contributed by atoms with Crippen molar-refractivity contribution in [3.63, 3.8) is 0 Å². The Morgan fingerprint density at radius 1 is 1.04 bits per heavy atom. The fourth-order valence-corrected chi connectivity index (χ4v) is 2.85. The molecule has 0 saturated carbocycles. The summed E-state index contributed by atoms with van der Waals surface area (Å²) in [6.07, 6.45) is -0.529. The Morgan fingerprint density at radius 2 is 1.64 bits per heavy atom. The minimum Gasteiger partial charge on any atom is -0.478 e. The molecule has 1 heterocycles. The van der Waals surface area contributed by atoms with Gasteiger partial charge in [-0.15, -0.1) is 0 Å². The molecule has 3 rings (SSSR count). The number of ether oxygens (including phenoxy) is 1. The molecule has 0 bridgehead atoms. The van der Waals surface area contributed by atoms with E-state index >= 15 is 0 Å². The Balaban J connectivity index is 2.06. The molecule has 0 aliphatic rings. The monoisotopic (exact) mass is 340 g/mol. The van der Waals surface area contributed by atoms with E-state index in [9.17, 15) is 14.7 Å². The highest BCUT2D eigenvalue weighted by Gasteiger charge is 2.17. The van der Waals surface area contributed by atoms with Crippen LogP contribution in [-0.2, 0) is 11.8 Å². The highest BCUT2D eigenvalue weighted by Crippen LogP contribution is 2.31. The number of rotatable bonds is 2. The summed E-state index contributed by atoms with van der Waals surface area (Å²) >= 11 is 0. The SMILES string of the molecule is Cn1c2ccc(NC(=O)OC(C)(C)C)cc2c2cc(C(=O)O)ccc21. The number of nitrogens with zero attached hydrogens (tertiary/aromatic N) is 1. The summed E-state index contributed by atoms with van der Waals surface area (Å²) in [5.41, 5.74) is 2.12.